The number of phenolic OH excluding ortho intramolecular Hbond substituents is 1. The van der Waals surface area contributed by atoms with Gasteiger partial charge in [0.25, 0.3) is 5.91 Å². The molecule has 1 heterocycles. The van der Waals surface area contributed by atoms with Gasteiger partial charge in [0.05, 0.1) is 30.3 Å². The van der Waals surface area contributed by atoms with Gasteiger partial charge in [0.2, 0.25) is 0 Å². The summed E-state index contributed by atoms with van der Waals surface area (Å²) in [5, 5.41) is 16.6. The Labute approximate surface area is 162 Å². The highest BCUT2D eigenvalue weighted by atomic mass is 19.1. The molecule has 3 rings (SSSR count). The summed E-state index contributed by atoms with van der Waals surface area (Å²) in [6.07, 6.45) is 2.59. The Balaban J connectivity index is 1.70. The zero-order valence-electron chi connectivity index (χ0n) is 15.8. The number of nitrogens with zero attached hydrogens (tertiary/aromatic N) is 2. The molecule has 0 bridgehead atoms. The fraction of sp³-hybridized carbons (Fsp3) is 0.238. The lowest BCUT2D eigenvalue weighted by molar-refractivity contribution is 0.0953. The molecule has 2 aromatic carbocycles. The minimum atomic E-state index is -0.504. The predicted molar refractivity (Wildman–Crippen MR) is 104 cm³/mol. The number of nitrogens with one attached hydrogen (secondary N) is 1. The third kappa shape index (κ3) is 4.31. The van der Waals surface area contributed by atoms with Gasteiger partial charge in [-0.3, -0.25) is 4.79 Å². The van der Waals surface area contributed by atoms with Crippen molar-refractivity contribution in [2.45, 2.75) is 19.8 Å². The van der Waals surface area contributed by atoms with Crippen molar-refractivity contribution in [3.05, 3.63) is 71.3 Å². The van der Waals surface area contributed by atoms with E-state index in [0.717, 1.165) is 23.2 Å². The lowest BCUT2D eigenvalue weighted by atomic mass is 10.1. The monoisotopic (exact) mass is 383 g/mol. The first kappa shape index (κ1) is 19.4. The summed E-state index contributed by atoms with van der Waals surface area (Å²) in [6.45, 7) is 2.28. The number of phenols is 1. The average Bonchev–Trinajstić information content (AvgIpc) is 3.11. The number of hydrogen-bond acceptors (Lipinski definition) is 4. The minimum Gasteiger partial charge on any atom is -0.508 e. The number of aromatic hydroxyl groups is 1. The molecular formula is C21H22FN3O3. The lowest BCUT2D eigenvalue weighted by Crippen LogP contribution is -2.26. The number of benzene rings is 2. The second-order valence-electron chi connectivity index (χ2n) is 6.29. The van der Waals surface area contributed by atoms with Gasteiger partial charge in [-0.1, -0.05) is 6.92 Å². The van der Waals surface area contributed by atoms with Crippen molar-refractivity contribution in [1.29, 1.82) is 0 Å². The maximum Gasteiger partial charge on any atom is 0.254 e. The Morgan fingerprint density at radius 3 is 2.64 bits per heavy atom. The van der Waals surface area contributed by atoms with Crippen LogP contribution >= 0.6 is 0 Å². The Hall–Kier alpha value is -3.35. The number of ether oxygens (including phenoxy) is 1. The van der Waals surface area contributed by atoms with Crippen molar-refractivity contribution in [3.63, 3.8) is 0 Å². The van der Waals surface area contributed by atoms with Crippen LogP contribution in [-0.2, 0) is 12.8 Å². The molecule has 146 valence electrons. The van der Waals surface area contributed by atoms with Crippen LogP contribution in [0.3, 0.4) is 0 Å². The van der Waals surface area contributed by atoms with E-state index in [0.29, 0.717) is 30.5 Å². The summed E-state index contributed by atoms with van der Waals surface area (Å²) in [4.78, 5) is 12.6. The van der Waals surface area contributed by atoms with Crippen LogP contribution in [0, 0.1) is 5.82 Å². The SMILES string of the molecule is CCc1c(C(=O)NCCc2cc(O)cc(F)c2)cnn1-c1ccc(OC)cc1. The molecule has 2 N–H and O–H groups in total. The van der Waals surface area contributed by atoms with Crippen LogP contribution in [0.25, 0.3) is 5.69 Å². The molecule has 0 spiro atoms. The number of aromatic nitrogens is 2. The Morgan fingerprint density at radius 1 is 1.25 bits per heavy atom. The molecule has 0 aliphatic rings. The third-order valence-corrected chi connectivity index (χ3v) is 4.41. The summed E-state index contributed by atoms with van der Waals surface area (Å²) >= 11 is 0. The van der Waals surface area contributed by atoms with E-state index < -0.39 is 5.82 Å². The van der Waals surface area contributed by atoms with Gasteiger partial charge in [0.1, 0.15) is 17.3 Å². The van der Waals surface area contributed by atoms with E-state index in [1.165, 1.54) is 12.1 Å². The average molecular weight is 383 g/mol. The van der Waals surface area contributed by atoms with E-state index in [-0.39, 0.29) is 11.7 Å². The number of hydrogen-bond donors (Lipinski definition) is 2. The first-order valence-corrected chi connectivity index (χ1v) is 8.99. The molecule has 0 radical (unpaired) electrons. The van der Waals surface area contributed by atoms with Crippen LogP contribution in [-0.4, -0.2) is 34.4 Å². The van der Waals surface area contributed by atoms with Crippen LogP contribution in [0.5, 0.6) is 11.5 Å². The van der Waals surface area contributed by atoms with E-state index in [4.69, 9.17) is 4.74 Å². The Bertz CT molecular complexity index is 947. The molecule has 0 aliphatic heterocycles. The summed E-state index contributed by atoms with van der Waals surface area (Å²) in [5.41, 5.74) is 2.75. The predicted octanol–water partition coefficient (Wildman–Crippen LogP) is 3.26. The second kappa shape index (κ2) is 8.56. The van der Waals surface area contributed by atoms with E-state index in [2.05, 4.69) is 10.4 Å². The number of carbonyl (C=O) groups excluding carboxylic acids is 1. The molecule has 3 aromatic rings. The van der Waals surface area contributed by atoms with Crippen molar-refractivity contribution >= 4 is 5.91 Å². The number of halogens is 1. The standard InChI is InChI=1S/C21H22FN3O3/c1-3-20-19(13-24-25(20)16-4-6-18(28-2)7-5-16)21(27)23-9-8-14-10-15(22)12-17(26)11-14/h4-7,10-13,26H,3,8-9H2,1-2H3,(H,23,27). The third-order valence-electron chi connectivity index (χ3n) is 4.41. The molecule has 28 heavy (non-hydrogen) atoms. The van der Waals surface area contributed by atoms with Crippen LogP contribution in [0.2, 0.25) is 0 Å². The molecule has 0 fully saturated rings. The Morgan fingerprint density at radius 2 is 2.00 bits per heavy atom. The van der Waals surface area contributed by atoms with Gasteiger partial charge >= 0.3 is 0 Å². The van der Waals surface area contributed by atoms with Gasteiger partial charge in [-0.2, -0.15) is 5.10 Å². The first-order valence-electron chi connectivity index (χ1n) is 8.99. The van der Waals surface area contributed by atoms with E-state index in [1.807, 2.05) is 31.2 Å². The largest absolute Gasteiger partial charge is 0.508 e. The van der Waals surface area contributed by atoms with Gasteiger partial charge in [0.15, 0.2) is 0 Å². The molecule has 0 aliphatic carbocycles. The molecule has 1 amide bonds. The molecule has 0 atom stereocenters. The van der Waals surface area contributed by atoms with Crippen LogP contribution < -0.4 is 10.1 Å². The van der Waals surface area contributed by atoms with Crippen LogP contribution in [0.15, 0.2) is 48.7 Å². The molecule has 0 saturated carbocycles. The summed E-state index contributed by atoms with van der Waals surface area (Å²) in [7, 11) is 1.61. The fourth-order valence-corrected chi connectivity index (χ4v) is 3.04. The number of methoxy groups -OCH3 is 1. The smallest absolute Gasteiger partial charge is 0.254 e. The zero-order chi connectivity index (χ0) is 20.1. The van der Waals surface area contributed by atoms with Crippen molar-refractivity contribution < 1.29 is 19.0 Å². The summed E-state index contributed by atoms with van der Waals surface area (Å²) in [6, 6.07) is 11.3. The van der Waals surface area contributed by atoms with Crippen molar-refractivity contribution in [2.75, 3.05) is 13.7 Å². The maximum absolute atomic E-state index is 13.3. The van der Waals surface area contributed by atoms with Crippen molar-refractivity contribution in [3.8, 4) is 17.2 Å². The van der Waals surface area contributed by atoms with Gasteiger partial charge in [-0.25, -0.2) is 9.07 Å². The normalized spacial score (nSPS) is 10.7. The topological polar surface area (TPSA) is 76.4 Å². The van der Waals surface area contributed by atoms with Gasteiger partial charge in [0, 0.05) is 12.6 Å². The molecule has 1 aromatic heterocycles. The molecule has 6 nitrogen and oxygen atoms in total. The highest BCUT2D eigenvalue weighted by Crippen LogP contribution is 2.19. The number of carbonyl (C=O) groups is 1. The van der Waals surface area contributed by atoms with Gasteiger partial charge < -0.3 is 15.2 Å². The van der Waals surface area contributed by atoms with Crippen molar-refractivity contribution in [2.24, 2.45) is 0 Å². The second-order valence-corrected chi connectivity index (χ2v) is 6.29. The zero-order valence-corrected chi connectivity index (χ0v) is 15.8. The highest BCUT2D eigenvalue weighted by molar-refractivity contribution is 5.95. The van der Waals surface area contributed by atoms with E-state index >= 15 is 0 Å². The van der Waals surface area contributed by atoms with Crippen molar-refractivity contribution in [1.82, 2.24) is 15.1 Å². The Kier molecular flexibility index (Phi) is 5.93. The van der Waals surface area contributed by atoms with E-state index in [1.54, 1.807) is 18.0 Å². The minimum absolute atomic E-state index is 0.129. The number of rotatable bonds is 7. The summed E-state index contributed by atoms with van der Waals surface area (Å²) < 4.78 is 20.2. The van der Waals surface area contributed by atoms with Crippen LogP contribution in [0.4, 0.5) is 4.39 Å². The molecule has 0 saturated heterocycles. The van der Waals surface area contributed by atoms with Crippen LogP contribution in [0.1, 0.15) is 28.5 Å². The molecular weight excluding hydrogens is 361 g/mol. The fourth-order valence-electron chi connectivity index (χ4n) is 3.04. The lowest BCUT2D eigenvalue weighted by Gasteiger charge is -2.09. The first-order chi connectivity index (χ1) is 13.5. The van der Waals surface area contributed by atoms with Gasteiger partial charge in [-0.05, 0) is 54.8 Å². The summed E-state index contributed by atoms with van der Waals surface area (Å²) in [5.74, 6) is -0.127. The number of amides is 1. The molecule has 0 unspecified atom stereocenters. The van der Waals surface area contributed by atoms with E-state index in [9.17, 15) is 14.3 Å². The van der Waals surface area contributed by atoms with Gasteiger partial charge in [-0.15, -0.1) is 0 Å². The quantitative estimate of drug-likeness (QED) is 0.657. The highest BCUT2D eigenvalue weighted by Gasteiger charge is 2.17. The maximum atomic E-state index is 13.3. The molecule has 7 heteroatoms.